The number of benzene rings is 2. The number of amides is 3. The molecule has 4 aliphatic rings. The highest BCUT2D eigenvalue weighted by atomic mass is 35.5. The lowest BCUT2D eigenvalue weighted by Crippen LogP contribution is -2.50. The topological polar surface area (TPSA) is 84.0 Å². The van der Waals surface area contributed by atoms with Gasteiger partial charge in [0.1, 0.15) is 15.5 Å². The van der Waals surface area contributed by atoms with Crippen molar-refractivity contribution in [2.24, 2.45) is 17.8 Å². The van der Waals surface area contributed by atoms with Crippen molar-refractivity contribution in [3.63, 3.8) is 0 Å². The summed E-state index contributed by atoms with van der Waals surface area (Å²) in [6.07, 6.45) is -0.0829. The van der Waals surface area contributed by atoms with Gasteiger partial charge in [0, 0.05) is 18.0 Å². The summed E-state index contributed by atoms with van der Waals surface area (Å²) in [4.78, 5) is 51.5. The van der Waals surface area contributed by atoms with Gasteiger partial charge in [-0.15, -0.1) is 23.2 Å². The first-order valence-corrected chi connectivity index (χ1v) is 15.4. The Morgan fingerprint density at radius 3 is 2.02 bits per heavy atom. The van der Waals surface area contributed by atoms with Crippen LogP contribution in [0.25, 0.3) is 0 Å². The Kier molecular flexibility index (Phi) is 7.32. The zero-order valence-electron chi connectivity index (χ0n) is 21.1. The Morgan fingerprint density at radius 1 is 0.857 bits per heavy atom. The van der Waals surface area contributed by atoms with E-state index in [0.29, 0.717) is 21.3 Å². The van der Waals surface area contributed by atoms with Gasteiger partial charge in [0.25, 0.3) is 0 Å². The maximum absolute atomic E-state index is 13.7. The number of fused-ring (bicyclic) bond motifs is 5. The fourth-order valence-electron chi connectivity index (χ4n) is 6.17. The van der Waals surface area contributed by atoms with Gasteiger partial charge in [-0.1, -0.05) is 69.6 Å². The third-order valence-electron chi connectivity index (χ3n) is 8.19. The second-order valence-electron chi connectivity index (χ2n) is 10.5. The van der Waals surface area contributed by atoms with Crippen molar-refractivity contribution in [3.05, 3.63) is 62.1 Å². The smallest absolute Gasteiger partial charge is 0.316 e. The average molecular weight is 732 g/mol. The number of anilines is 2. The highest BCUT2D eigenvalue weighted by molar-refractivity contribution is 6.67. The SMILES string of the molecule is Cc1cc(OC(=O)[C@@H]2CC(=O)N(c3cc(Cl)ccc3Cl)C2)ccc1N1C(=O)[C@H]2[C@H](C1=O)[C@@]1(Cl)C(Cl)=C(Cl)[C@@]2(Cl)C1(Cl)Cl. The van der Waals surface area contributed by atoms with Gasteiger partial charge in [0.05, 0.1) is 44.2 Å². The van der Waals surface area contributed by atoms with E-state index in [1.165, 1.54) is 23.1 Å². The van der Waals surface area contributed by atoms with Gasteiger partial charge in [0.2, 0.25) is 17.7 Å². The number of hydrogen-bond acceptors (Lipinski definition) is 5. The summed E-state index contributed by atoms with van der Waals surface area (Å²) >= 11 is 51.6. The van der Waals surface area contributed by atoms with Gasteiger partial charge in [-0.25, -0.2) is 4.90 Å². The second-order valence-corrected chi connectivity index (χ2v) is 14.6. The van der Waals surface area contributed by atoms with Crippen LogP contribution in [0.2, 0.25) is 10.0 Å². The monoisotopic (exact) mass is 728 g/mol. The van der Waals surface area contributed by atoms with Crippen LogP contribution in [0.3, 0.4) is 0 Å². The number of halogens is 8. The zero-order chi connectivity index (χ0) is 30.7. The number of allylic oxidation sites excluding steroid dienone is 2. The molecule has 0 N–H and O–H groups in total. The predicted octanol–water partition coefficient (Wildman–Crippen LogP) is 7.21. The van der Waals surface area contributed by atoms with Gasteiger partial charge >= 0.3 is 5.97 Å². The Balaban J connectivity index is 1.22. The second kappa shape index (κ2) is 10.0. The van der Waals surface area contributed by atoms with Crippen molar-refractivity contribution < 1.29 is 23.9 Å². The van der Waals surface area contributed by atoms with E-state index in [1.807, 2.05) is 0 Å². The molecule has 3 amide bonds. The van der Waals surface area contributed by atoms with Gasteiger partial charge in [-0.2, -0.15) is 0 Å². The molecule has 1 saturated carbocycles. The lowest BCUT2D eigenvalue weighted by Gasteiger charge is -2.34. The van der Waals surface area contributed by atoms with Crippen LogP contribution in [0.4, 0.5) is 11.4 Å². The first-order valence-electron chi connectivity index (χ1n) is 12.3. The maximum Gasteiger partial charge on any atom is 0.316 e. The quantitative estimate of drug-likeness (QED) is 0.144. The molecule has 0 unspecified atom stereocenters. The van der Waals surface area contributed by atoms with Gasteiger partial charge < -0.3 is 9.64 Å². The van der Waals surface area contributed by atoms with Crippen LogP contribution in [0.5, 0.6) is 5.75 Å². The lowest BCUT2D eigenvalue weighted by atomic mass is 9.84. The van der Waals surface area contributed by atoms with Gasteiger partial charge in [-0.3, -0.25) is 19.2 Å². The summed E-state index contributed by atoms with van der Waals surface area (Å²) < 4.78 is 3.52. The highest BCUT2D eigenvalue weighted by Gasteiger charge is 2.87. The number of nitrogens with zero attached hydrogens (tertiary/aromatic N) is 2. The molecular weight excluding hydrogens is 716 g/mol. The molecule has 220 valence electrons. The standard InChI is InChI=1S/C27H16Cl8N2O5/c1-10-6-13(42-24(41)11-7-17(38)36(9-11)16-8-12(28)2-4-14(16)29)3-5-15(10)37-22(39)18-19(23(37)40)26(33)21(31)20(30)25(18,32)27(26,34)35/h2-6,8,11,18-19H,7,9H2,1H3/t11-,18-,19-,25-,26-/m1/s1. The van der Waals surface area contributed by atoms with Crippen LogP contribution in [0.15, 0.2) is 46.5 Å². The van der Waals surface area contributed by atoms with Crippen LogP contribution >= 0.6 is 92.8 Å². The summed E-state index contributed by atoms with van der Waals surface area (Å²) in [6.45, 7) is 1.67. The molecule has 7 nitrogen and oxygen atoms in total. The fourth-order valence-corrected chi connectivity index (χ4v) is 9.48. The minimum Gasteiger partial charge on any atom is -0.426 e. The molecule has 0 spiro atoms. The van der Waals surface area contributed by atoms with E-state index in [2.05, 4.69) is 0 Å². The van der Waals surface area contributed by atoms with Gasteiger partial charge in [0.15, 0.2) is 4.33 Å². The number of carbonyl (C=O) groups excluding carboxylic acids is 4. The number of esters is 1. The van der Waals surface area contributed by atoms with Crippen molar-refractivity contribution in [2.45, 2.75) is 27.4 Å². The van der Waals surface area contributed by atoms with E-state index in [0.717, 1.165) is 4.90 Å². The van der Waals surface area contributed by atoms with Crippen molar-refractivity contribution in [2.75, 3.05) is 16.3 Å². The van der Waals surface area contributed by atoms with Crippen LogP contribution in [-0.2, 0) is 19.2 Å². The van der Waals surface area contributed by atoms with Crippen LogP contribution in [-0.4, -0.2) is 44.3 Å². The van der Waals surface area contributed by atoms with E-state index in [4.69, 9.17) is 97.5 Å². The predicted molar refractivity (Wildman–Crippen MR) is 164 cm³/mol. The number of imide groups is 1. The molecular formula is C27H16Cl8N2O5. The summed E-state index contributed by atoms with van der Waals surface area (Å²) in [7, 11) is 0. The molecule has 5 atom stereocenters. The zero-order valence-corrected chi connectivity index (χ0v) is 27.1. The molecule has 42 heavy (non-hydrogen) atoms. The molecule has 2 aliphatic carbocycles. The van der Waals surface area contributed by atoms with Crippen LogP contribution in [0.1, 0.15) is 12.0 Å². The molecule has 2 aromatic rings. The number of alkyl halides is 4. The molecule has 6 rings (SSSR count). The highest BCUT2D eigenvalue weighted by Crippen LogP contribution is 2.77. The van der Waals surface area contributed by atoms with E-state index < -0.39 is 49.6 Å². The molecule has 2 bridgehead atoms. The average Bonchev–Trinajstić information content (AvgIpc) is 3.51. The first-order chi connectivity index (χ1) is 19.6. The third kappa shape index (κ3) is 3.87. The number of hydrogen-bond donors (Lipinski definition) is 0. The Bertz CT molecular complexity index is 1620. The molecule has 2 aliphatic heterocycles. The van der Waals surface area contributed by atoms with Crippen molar-refractivity contribution >= 4 is 128 Å². The van der Waals surface area contributed by atoms with E-state index in [-0.39, 0.29) is 40.4 Å². The van der Waals surface area contributed by atoms with Crippen LogP contribution < -0.4 is 14.5 Å². The van der Waals surface area contributed by atoms with Gasteiger partial charge in [-0.05, 0) is 48.9 Å². The number of rotatable bonds is 4. The Hall–Kier alpha value is -1.42. The third-order valence-corrected chi connectivity index (χ3v) is 13.0. The minimum atomic E-state index is -2.04. The molecule has 3 fully saturated rings. The maximum atomic E-state index is 13.7. The molecule has 2 heterocycles. The Morgan fingerprint density at radius 2 is 1.45 bits per heavy atom. The molecule has 0 radical (unpaired) electrons. The molecule has 2 saturated heterocycles. The number of ether oxygens (including phenoxy) is 1. The summed E-state index contributed by atoms with van der Waals surface area (Å²) in [6, 6.07) is 9.06. The van der Waals surface area contributed by atoms with Crippen molar-refractivity contribution in [3.8, 4) is 5.75 Å². The summed E-state index contributed by atoms with van der Waals surface area (Å²) in [5, 5.41) is 0.343. The van der Waals surface area contributed by atoms with E-state index in [1.54, 1.807) is 25.1 Å². The van der Waals surface area contributed by atoms with E-state index in [9.17, 15) is 19.2 Å². The molecule has 15 heteroatoms. The van der Waals surface area contributed by atoms with Crippen molar-refractivity contribution in [1.82, 2.24) is 0 Å². The normalized spacial score (nSPS) is 31.5. The number of carbonyl (C=O) groups is 4. The van der Waals surface area contributed by atoms with E-state index >= 15 is 0 Å². The number of aryl methyl sites for hydroxylation is 1. The first kappa shape index (κ1) is 30.6. The molecule has 0 aromatic heterocycles. The van der Waals surface area contributed by atoms with Crippen LogP contribution in [0, 0.1) is 24.7 Å². The minimum absolute atomic E-state index is 0.0521. The Labute approximate surface area is 279 Å². The fraction of sp³-hybridized carbons (Fsp3) is 0.333. The largest absolute Gasteiger partial charge is 0.426 e. The van der Waals surface area contributed by atoms with Crippen molar-refractivity contribution in [1.29, 1.82) is 0 Å². The lowest BCUT2D eigenvalue weighted by molar-refractivity contribution is -0.139. The molecule has 2 aromatic carbocycles. The summed E-state index contributed by atoms with van der Waals surface area (Å²) in [5.41, 5.74) is 1.03. The summed E-state index contributed by atoms with van der Waals surface area (Å²) in [5.74, 6) is -5.52.